The highest BCUT2D eigenvalue weighted by Crippen LogP contribution is 2.24. The molecule has 1 N–H and O–H groups in total. The Kier molecular flexibility index (Phi) is 4.66. The summed E-state index contributed by atoms with van der Waals surface area (Å²) in [4.78, 5) is 29.4. The van der Waals surface area contributed by atoms with Crippen LogP contribution in [0.3, 0.4) is 0 Å². The van der Waals surface area contributed by atoms with Gasteiger partial charge in [0.15, 0.2) is 6.61 Å². The molecule has 0 spiro atoms. The monoisotopic (exact) mass is 355 g/mol. The molecule has 138 valence electrons. The van der Waals surface area contributed by atoms with E-state index in [2.05, 4.69) is 17.2 Å². The van der Waals surface area contributed by atoms with Crippen molar-refractivity contribution in [1.29, 1.82) is 0 Å². The largest absolute Gasteiger partial charge is 0.484 e. The maximum atomic E-state index is 12.6. The summed E-state index contributed by atoms with van der Waals surface area (Å²) in [7, 11) is 0. The molecule has 0 unspecified atom stereocenters. The maximum absolute atomic E-state index is 12.6. The van der Waals surface area contributed by atoms with Crippen LogP contribution >= 0.6 is 0 Å². The molecule has 2 aromatic rings. The molecular weight excluding hydrogens is 330 g/mol. The van der Waals surface area contributed by atoms with E-state index in [1.165, 1.54) is 12.8 Å². The average molecular weight is 355 g/mol. The summed E-state index contributed by atoms with van der Waals surface area (Å²) in [5.74, 6) is 1.80. The lowest BCUT2D eigenvalue weighted by atomic mass is 9.86. The number of aromatic nitrogens is 2. The number of benzene rings is 1. The van der Waals surface area contributed by atoms with Crippen LogP contribution < -0.4 is 15.6 Å². The second kappa shape index (κ2) is 7.09. The van der Waals surface area contributed by atoms with Gasteiger partial charge in [0.1, 0.15) is 11.6 Å². The van der Waals surface area contributed by atoms with Gasteiger partial charge in [-0.05, 0) is 43.4 Å². The molecule has 1 amide bonds. The quantitative estimate of drug-likeness (QED) is 0.914. The Morgan fingerprint density at radius 1 is 1.31 bits per heavy atom. The van der Waals surface area contributed by atoms with E-state index in [4.69, 9.17) is 4.74 Å². The molecule has 4 rings (SSSR count). The molecule has 1 aliphatic heterocycles. The number of rotatable bonds is 4. The Bertz CT molecular complexity index is 890. The SMILES string of the molecule is C[C@H]1CCCC[C@H]1NC(=O)COc1ccc2nc3n(c(=O)c2c1)CCC3. The highest BCUT2D eigenvalue weighted by Gasteiger charge is 2.23. The van der Waals surface area contributed by atoms with E-state index < -0.39 is 0 Å². The first-order chi connectivity index (χ1) is 12.6. The van der Waals surface area contributed by atoms with Crippen molar-refractivity contribution in [3.63, 3.8) is 0 Å². The zero-order valence-corrected chi connectivity index (χ0v) is 15.2. The number of carbonyl (C=O) groups excluding carboxylic acids is 1. The minimum absolute atomic E-state index is 0.0200. The fraction of sp³-hybridized carbons (Fsp3) is 0.550. The van der Waals surface area contributed by atoms with Crippen LogP contribution in [0.4, 0.5) is 0 Å². The Hall–Kier alpha value is -2.37. The fourth-order valence-electron chi connectivity index (χ4n) is 4.08. The van der Waals surface area contributed by atoms with Crippen molar-refractivity contribution < 1.29 is 9.53 Å². The van der Waals surface area contributed by atoms with Gasteiger partial charge in [0, 0.05) is 19.0 Å². The molecule has 1 fully saturated rings. The third-order valence-electron chi connectivity index (χ3n) is 5.61. The third kappa shape index (κ3) is 3.32. The van der Waals surface area contributed by atoms with Crippen molar-refractivity contribution in [2.75, 3.05) is 6.61 Å². The number of hydrogen-bond acceptors (Lipinski definition) is 4. The van der Waals surface area contributed by atoms with E-state index in [0.717, 1.165) is 38.1 Å². The van der Waals surface area contributed by atoms with E-state index in [1.807, 2.05) is 0 Å². The van der Waals surface area contributed by atoms with E-state index in [-0.39, 0.29) is 24.1 Å². The minimum Gasteiger partial charge on any atom is -0.484 e. The van der Waals surface area contributed by atoms with Crippen molar-refractivity contribution in [2.24, 2.45) is 5.92 Å². The zero-order valence-electron chi connectivity index (χ0n) is 15.2. The second-order valence-corrected chi connectivity index (χ2v) is 7.49. The van der Waals surface area contributed by atoms with Gasteiger partial charge in [-0.2, -0.15) is 0 Å². The highest BCUT2D eigenvalue weighted by atomic mass is 16.5. The van der Waals surface area contributed by atoms with Crippen LogP contribution in [0.2, 0.25) is 0 Å². The number of ether oxygens (including phenoxy) is 1. The molecule has 6 nitrogen and oxygen atoms in total. The molecule has 1 aromatic carbocycles. The first-order valence-electron chi connectivity index (χ1n) is 9.57. The summed E-state index contributed by atoms with van der Waals surface area (Å²) in [6, 6.07) is 5.52. The average Bonchev–Trinajstić information content (AvgIpc) is 3.11. The summed E-state index contributed by atoms with van der Waals surface area (Å²) in [6.45, 7) is 2.88. The molecule has 26 heavy (non-hydrogen) atoms. The molecular formula is C20H25N3O3. The molecule has 0 saturated heterocycles. The van der Waals surface area contributed by atoms with E-state index in [0.29, 0.717) is 22.6 Å². The third-order valence-corrected chi connectivity index (χ3v) is 5.61. The van der Waals surface area contributed by atoms with Gasteiger partial charge in [-0.15, -0.1) is 0 Å². The topological polar surface area (TPSA) is 73.2 Å². The molecule has 0 radical (unpaired) electrons. The number of amides is 1. The van der Waals surface area contributed by atoms with Gasteiger partial charge in [-0.1, -0.05) is 19.8 Å². The van der Waals surface area contributed by atoms with Gasteiger partial charge in [-0.25, -0.2) is 4.98 Å². The van der Waals surface area contributed by atoms with Crippen LogP contribution in [-0.4, -0.2) is 28.1 Å². The summed E-state index contributed by atoms with van der Waals surface area (Å²) in [6.07, 6.45) is 6.43. The zero-order chi connectivity index (χ0) is 18.1. The van der Waals surface area contributed by atoms with E-state index in [9.17, 15) is 9.59 Å². The number of nitrogens with one attached hydrogen (secondary N) is 1. The Labute approximate surface area is 152 Å². The standard InChI is InChI=1S/C20H25N3O3/c1-13-5-2-3-6-16(13)22-19(24)12-26-14-8-9-17-15(11-14)20(25)23-10-4-7-18(23)21-17/h8-9,11,13,16H,2-7,10,12H2,1H3,(H,22,24)/t13-,16+/m0/s1. The molecule has 2 aliphatic rings. The number of nitrogens with zero attached hydrogens (tertiary/aromatic N) is 2. The number of hydrogen-bond donors (Lipinski definition) is 1. The van der Waals surface area contributed by atoms with Crippen molar-refractivity contribution >= 4 is 16.8 Å². The van der Waals surface area contributed by atoms with Crippen LogP contribution in [0, 0.1) is 5.92 Å². The van der Waals surface area contributed by atoms with Crippen LogP contribution in [0.5, 0.6) is 5.75 Å². The van der Waals surface area contributed by atoms with Crippen LogP contribution in [-0.2, 0) is 17.8 Å². The fourth-order valence-corrected chi connectivity index (χ4v) is 4.08. The van der Waals surface area contributed by atoms with Crippen LogP contribution in [0.15, 0.2) is 23.0 Å². The number of fused-ring (bicyclic) bond motifs is 2. The smallest absolute Gasteiger partial charge is 0.261 e. The van der Waals surface area contributed by atoms with Gasteiger partial charge in [0.25, 0.3) is 11.5 Å². The van der Waals surface area contributed by atoms with Gasteiger partial charge in [0.2, 0.25) is 0 Å². The number of aryl methyl sites for hydroxylation is 1. The second-order valence-electron chi connectivity index (χ2n) is 7.49. The normalized spacial score (nSPS) is 22.2. The molecule has 0 bridgehead atoms. The van der Waals surface area contributed by atoms with E-state index in [1.54, 1.807) is 22.8 Å². The summed E-state index contributed by atoms with van der Waals surface area (Å²) < 4.78 is 7.38. The molecule has 6 heteroatoms. The van der Waals surface area contributed by atoms with Crippen molar-refractivity contribution in [3.8, 4) is 5.75 Å². The van der Waals surface area contributed by atoms with E-state index >= 15 is 0 Å². The first-order valence-corrected chi connectivity index (χ1v) is 9.57. The lowest BCUT2D eigenvalue weighted by Crippen LogP contribution is -2.43. The van der Waals surface area contributed by atoms with Gasteiger partial charge in [-0.3, -0.25) is 14.2 Å². The maximum Gasteiger partial charge on any atom is 0.261 e. The van der Waals surface area contributed by atoms with Crippen molar-refractivity contribution in [2.45, 2.75) is 58.0 Å². The number of carbonyl (C=O) groups is 1. The Morgan fingerprint density at radius 2 is 2.15 bits per heavy atom. The lowest BCUT2D eigenvalue weighted by molar-refractivity contribution is -0.124. The van der Waals surface area contributed by atoms with Gasteiger partial charge in [0.05, 0.1) is 10.9 Å². The van der Waals surface area contributed by atoms with Crippen LogP contribution in [0.25, 0.3) is 10.9 Å². The van der Waals surface area contributed by atoms with Crippen molar-refractivity contribution in [1.82, 2.24) is 14.9 Å². The Balaban J connectivity index is 1.44. The summed E-state index contributed by atoms with van der Waals surface area (Å²) >= 11 is 0. The summed E-state index contributed by atoms with van der Waals surface area (Å²) in [5.41, 5.74) is 0.671. The Morgan fingerprint density at radius 3 is 3.00 bits per heavy atom. The molecule has 1 saturated carbocycles. The predicted octanol–water partition coefficient (Wildman–Crippen LogP) is 2.42. The molecule has 2 atom stereocenters. The minimum atomic E-state index is -0.104. The van der Waals surface area contributed by atoms with Crippen LogP contribution in [0.1, 0.15) is 44.9 Å². The first kappa shape index (κ1) is 17.1. The summed E-state index contributed by atoms with van der Waals surface area (Å²) in [5, 5.41) is 3.63. The van der Waals surface area contributed by atoms with Gasteiger partial charge >= 0.3 is 0 Å². The molecule has 1 aliphatic carbocycles. The predicted molar refractivity (Wildman–Crippen MR) is 99.4 cm³/mol. The molecule has 1 aromatic heterocycles. The lowest BCUT2D eigenvalue weighted by Gasteiger charge is -2.29. The molecule has 2 heterocycles. The highest BCUT2D eigenvalue weighted by molar-refractivity contribution is 5.80. The van der Waals surface area contributed by atoms with Crippen molar-refractivity contribution in [3.05, 3.63) is 34.4 Å². The van der Waals surface area contributed by atoms with Gasteiger partial charge < -0.3 is 10.1 Å².